The summed E-state index contributed by atoms with van der Waals surface area (Å²) in [6.07, 6.45) is 27.5. The second-order valence-electron chi connectivity index (χ2n) is 20.1. The lowest BCUT2D eigenvalue weighted by molar-refractivity contribution is 1.10. The van der Waals surface area contributed by atoms with Gasteiger partial charge >= 0.3 is 0 Å². The molecule has 0 aliphatic rings. The normalized spacial score (nSPS) is 11.8. The molecule has 10 aromatic rings. The molecule has 0 spiro atoms. The van der Waals surface area contributed by atoms with Gasteiger partial charge in [0.15, 0.2) is 0 Å². The minimum Gasteiger partial charge on any atom is -0.310 e. The molecule has 0 amide bonds. The van der Waals surface area contributed by atoms with Crippen molar-refractivity contribution in [1.29, 1.82) is 0 Å². The van der Waals surface area contributed by atoms with Crippen LogP contribution in [-0.2, 0) is 12.8 Å². The second kappa shape index (κ2) is 26.5. The van der Waals surface area contributed by atoms with Crippen LogP contribution in [0.5, 0.6) is 0 Å². The maximum atomic E-state index is 2.42. The molecule has 80 heavy (non-hydrogen) atoms. The predicted molar refractivity (Wildman–Crippen MR) is 349 cm³/mol. The molecule has 0 saturated heterocycles. The van der Waals surface area contributed by atoms with Crippen LogP contribution in [0.1, 0.15) is 80.6 Å². The zero-order valence-corrected chi connectivity index (χ0v) is 46.3. The number of benzene rings is 10. The average Bonchev–Trinajstić information content (AvgIpc) is 3.54. The number of aryl methyl sites for hydroxylation is 4. The number of hydrogen-bond acceptors (Lipinski definition) is 2. The van der Waals surface area contributed by atoms with Crippen LogP contribution in [0, 0.1) is 13.8 Å². The van der Waals surface area contributed by atoms with E-state index < -0.39 is 0 Å². The lowest BCUT2D eigenvalue weighted by atomic mass is 10.00. The van der Waals surface area contributed by atoms with Gasteiger partial charge in [-0.05, 0) is 153 Å². The van der Waals surface area contributed by atoms with Crippen LogP contribution in [0.25, 0.3) is 59.7 Å². The van der Waals surface area contributed by atoms with Crippen LogP contribution in [-0.4, -0.2) is 0 Å². The van der Waals surface area contributed by atoms with Gasteiger partial charge in [0.25, 0.3) is 0 Å². The topological polar surface area (TPSA) is 6.48 Å². The van der Waals surface area contributed by atoms with Crippen LogP contribution < -0.4 is 9.80 Å². The Labute approximate surface area is 475 Å². The summed E-state index contributed by atoms with van der Waals surface area (Å²) in [7, 11) is 0. The fourth-order valence-electron chi connectivity index (χ4n) is 10.2. The third kappa shape index (κ3) is 13.7. The molecule has 0 aromatic heterocycles. The molecular weight excluding hydrogens is 965 g/mol. The first-order valence-electron chi connectivity index (χ1n) is 27.9. The fraction of sp³-hybridized carbons (Fsp3) is 0.0769. The van der Waals surface area contributed by atoms with E-state index in [0.29, 0.717) is 0 Å². The molecule has 0 heterocycles. The van der Waals surface area contributed by atoms with Crippen molar-refractivity contribution < 1.29 is 0 Å². The maximum Gasteiger partial charge on any atom is 0.0522 e. The Hall–Kier alpha value is -9.76. The fourth-order valence-corrected chi connectivity index (χ4v) is 10.2. The summed E-state index contributed by atoms with van der Waals surface area (Å²) >= 11 is 0. The van der Waals surface area contributed by atoms with E-state index >= 15 is 0 Å². The number of anilines is 6. The molecule has 0 saturated carbocycles. The van der Waals surface area contributed by atoms with E-state index in [1.54, 1.807) is 0 Å². The van der Waals surface area contributed by atoms with Gasteiger partial charge in [-0.25, -0.2) is 0 Å². The Morgan fingerprint density at radius 3 is 0.787 bits per heavy atom. The summed E-state index contributed by atoms with van der Waals surface area (Å²) in [6.45, 7) is 8.93. The summed E-state index contributed by atoms with van der Waals surface area (Å²) in [4.78, 5) is 4.84. The van der Waals surface area contributed by atoms with Gasteiger partial charge in [0.1, 0.15) is 0 Å². The van der Waals surface area contributed by atoms with Crippen molar-refractivity contribution in [2.75, 3.05) is 9.80 Å². The van der Waals surface area contributed by atoms with Crippen molar-refractivity contribution >= 4 is 82.7 Å². The first-order chi connectivity index (χ1) is 39.4. The summed E-state index contributed by atoms with van der Waals surface area (Å²) in [6, 6.07) is 87.4. The molecule has 10 rings (SSSR count). The Bertz CT molecular complexity index is 3530. The highest BCUT2D eigenvalue weighted by Crippen LogP contribution is 2.42. The highest BCUT2D eigenvalue weighted by Gasteiger charge is 2.20. The smallest absolute Gasteiger partial charge is 0.0522 e. The minimum atomic E-state index is 0.931. The van der Waals surface area contributed by atoms with Crippen molar-refractivity contribution in [1.82, 2.24) is 0 Å². The SMILES string of the molecule is CCc1cccc(C)c1N(c1ccc(/C=C/c2ccc(/C=C/C=C/c3ccccc3)cc2)cc1)c1ccc(-c2ccc(N(c3ccc(/C=C/c4ccc(/C=C/C=C/c5ccccc5)cc4)cc3)c3c(C)cccc3CC)cc2)cc1. The largest absolute Gasteiger partial charge is 0.310 e. The van der Waals surface area contributed by atoms with Gasteiger partial charge in [0.2, 0.25) is 0 Å². The molecule has 2 heteroatoms. The number of allylic oxidation sites excluding steroid dienone is 4. The van der Waals surface area contributed by atoms with E-state index in [1.165, 1.54) is 67.0 Å². The van der Waals surface area contributed by atoms with Crippen LogP contribution in [0.2, 0.25) is 0 Å². The van der Waals surface area contributed by atoms with Crippen LogP contribution in [0.3, 0.4) is 0 Å². The third-order valence-electron chi connectivity index (χ3n) is 14.5. The first kappa shape index (κ1) is 53.6. The maximum absolute atomic E-state index is 2.42. The van der Waals surface area contributed by atoms with E-state index in [9.17, 15) is 0 Å². The Morgan fingerprint density at radius 1 is 0.250 bits per heavy atom. The number of nitrogens with zero attached hydrogens (tertiary/aromatic N) is 2. The van der Waals surface area contributed by atoms with Gasteiger partial charge in [-0.2, -0.15) is 0 Å². The van der Waals surface area contributed by atoms with Gasteiger partial charge in [-0.1, -0.05) is 281 Å². The summed E-state index contributed by atoms with van der Waals surface area (Å²) in [5, 5.41) is 0. The van der Waals surface area contributed by atoms with Crippen molar-refractivity contribution in [3.63, 3.8) is 0 Å². The van der Waals surface area contributed by atoms with Gasteiger partial charge in [-0.3, -0.25) is 0 Å². The van der Waals surface area contributed by atoms with E-state index in [-0.39, 0.29) is 0 Å². The molecule has 2 nitrogen and oxygen atoms in total. The van der Waals surface area contributed by atoms with Crippen LogP contribution in [0.15, 0.2) is 267 Å². The number of para-hydroxylation sites is 2. The molecule has 0 fully saturated rings. The second-order valence-corrected chi connectivity index (χ2v) is 20.1. The van der Waals surface area contributed by atoms with E-state index in [2.05, 4.69) is 341 Å². The van der Waals surface area contributed by atoms with Crippen LogP contribution >= 0.6 is 0 Å². The molecular formula is C78H68N2. The molecule has 0 atom stereocenters. The molecule has 0 radical (unpaired) electrons. The molecule has 10 aromatic carbocycles. The standard InChI is InChI=1S/C78H68N2/c1-5-69-29-17-19-59(3)77(69)79(73-51-43-67(44-52-73)41-39-65-35-31-63(32-36-65)27-15-13-25-61-21-9-7-10-22-61)75-55-47-71(48-56-75)72-49-57-76(58-50-72)80(78-60(4)20-18-30-70(78)6-2)74-53-45-68(46-54-74)42-40-66-37-33-64(34-38-66)28-16-14-26-62-23-11-8-12-24-62/h7-58H,5-6H2,1-4H3/b25-13+,26-14+,27-15+,28-16+,41-39+,42-40+. The van der Waals surface area contributed by atoms with Crippen molar-refractivity contribution in [2.45, 2.75) is 40.5 Å². The third-order valence-corrected chi connectivity index (χ3v) is 14.5. The van der Waals surface area contributed by atoms with E-state index in [4.69, 9.17) is 0 Å². The summed E-state index contributed by atoms with van der Waals surface area (Å²) in [5.74, 6) is 0. The minimum absolute atomic E-state index is 0.931. The average molecular weight is 1030 g/mol. The first-order valence-corrected chi connectivity index (χ1v) is 27.9. The number of rotatable bonds is 19. The van der Waals surface area contributed by atoms with E-state index in [1.807, 2.05) is 12.1 Å². The van der Waals surface area contributed by atoms with Crippen molar-refractivity contribution in [3.8, 4) is 11.1 Å². The van der Waals surface area contributed by atoms with Crippen molar-refractivity contribution in [3.05, 3.63) is 334 Å². The zero-order chi connectivity index (χ0) is 54.9. The highest BCUT2D eigenvalue weighted by atomic mass is 15.2. The molecule has 0 unspecified atom stereocenters. The lowest BCUT2D eigenvalue weighted by Crippen LogP contribution is -2.13. The van der Waals surface area contributed by atoms with Crippen molar-refractivity contribution in [2.24, 2.45) is 0 Å². The molecule has 0 bridgehead atoms. The van der Waals surface area contributed by atoms with Crippen LogP contribution in [0.4, 0.5) is 34.1 Å². The van der Waals surface area contributed by atoms with Gasteiger partial charge in [0.05, 0.1) is 11.4 Å². The van der Waals surface area contributed by atoms with Gasteiger partial charge in [0, 0.05) is 22.7 Å². The van der Waals surface area contributed by atoms with Gasteiger partial charge < -0.3 is 9.80 Å². The molecule has 0 aliphatic carbocycles. The predicted octanol–water partition coefficient (Wildman–Crippen LogP) is 21.8. The highest BCUT2D eigenvalue weighted by molar-refractivity contribution is 5.85. The molecule has 0 N–H and O–H groups in total. The summed E-state index contributed by atoms with van der Waals surface area (Å²) in [5.41, 5.74) is 23.7. The molecule has 0 aliphatic heterocycles. The Kier molecular flexibility index (Phi) is 17.8. The quantitative estimate of drug-likeness (QED) is 0.0588. The zero-order valence-electron chi connectivity index (χ0n) is 46.3. The lowest BCUT2D eigenvalue weighted by Gasteiger charge is -2.30. The van der Waals surface area contributed by atoms with E-state index in [0.717, 1.165) is 57.8 Å². The molecule has 390 valence electrons. The Morgan fingerprint density at radius 2 is 0.500 bits per heavy atom. The van der Waals surface area contributed by atoms with Gasteiger partial charge in [-0.15, -0.1) is 0 Å². The number of hydrogen-bond donors (Lipinski definition) is 0. The summed E-state index contributed by atoms with van der Waals surface area (Å²) < 4.78 is 0. The Balaban J connectivity index is 0.852. The monoisotopic (exact) mass is 1030 g/mol.